The molecular formula is C18H31N3. The van der Waals surface area contributed by atoms with Gasteiger partial charge in [0.2, 0.25) is 0 Å². The molecule has 0 saturated carbocycles. The molecule has 2 rings (SSSR count). The number of nitrogens with one attached hydrogen (secondary N) is 1. The third-order valence-corrected chi connectivity index (χ3v) is 4.74. The van der Waals surface area contributed by atoms with Crippen LogP contribution < -0.4 is 10.2 Å². The van der Waals surface area contributed by atoms with E-state index in [1.165, 1.54) is 30.8 Å². The summed E-state index contributed by atoms with van der Waals surface area (Å²) in [6, 6.07) is 9.69. The fourth-order valence-electron chi connectivity index (χ4n) is 3.32. The Morgan fingerprint density at radius 1 is 1.19 bits per heavy atom. The van der Waals surface area contributed by atoms with E-state index in [2.05, 4.69) is 67.2 Å². The van der Waals surface area contributed by atoms with Gasteiger partial charge in [-0.15, -0.1) is 0 Å². The fraction of sp³-hybridized carbons (Fsp3) is 0.667. The van der Waals surface area contributed by atoms with E-state index in [0.717, 1.165) is 25.6 Å². The lowest BCUT2D eigenvalue weighted by Gasteiger charge is -2.35. The van der Waals surface area contributed by atoms with Gasteiger partial charge in [-0.05, 0) is 57.5 Å². The summed E-state index contributed by atoms with van der Waals surface area (Å²) in [7, 11) is 2.22. The summed E-state index contributed by atoms with van der Waals surface area (Å²) in [5.41, 5.74) is 2.72. The quantitative estimate of drug-likeness (QED) is 0.868. The maximum atomic E-state index is 3.74. The molecule has 0 radical (unpaired) electrons. The molecule has 118 valence electrons. The third-order valence-electron chi connectivity index (χ3n) is 4.74. The molecule has 3 nitrogen and oxygen atoms in total. The Morgan fingerprint density at radius 2 is 1.86 bits per heavy atom. The van der Waals surface area contributed by atoms with E-state index in [4.69, 9.17) is 0 Å². The Labute approximate surface area is 130 Å². The summed E-state index contributed by atoms with van der Waals surface area (Å²) in [5.74, 6) is 0.735. The van der Waals surface area contributed by atoms with Crippen molar-refractivity contribution in [3.05, 3.63) is 29.8 Å². The summed E-state index contributed by atoms with van der Waals surface area (Å²) >= 11 is 0. The highest BCUT2D eigenvalue weighted by molar-refractivity contribution is 5.47. The van der Waals surface area contributed by atoms with Crippen molar-refractivity contribution in [3.8, 4) is 0 Å². The highest BCUT2D eigenvalue weighted by Crippen LogP contribution is 2.18. The minimum atomic E-state index is 0.656. The number of rotatable bonds is 6. The maximum Gasteiger partial charge on any atom is 0.0366 e. The van der Waals surface area contributed by atoms with Gasteiger partial charge < -0.3 is 15.1 Å². The van der Waals surface area contributed by atoms with E-state index in [1.54, 1.807) is 0 Å². The first-order valence-electron chi connectivity index (χ1n) is 8.39. The Bertz CT molecular complexity index is 411. The topological polar surface area (TPSA) is 18.5 Å². The van der Waals surface area contributed by atoms with Crippen molar-refractivity contribution in [3.63, 3.8) is 0 Å². The molecule has 2 atom stereocenters. The van der Waals surface area contributed by atoms with Crippen molar-refractivity contribution in [1.29, 1.82) is 0 Å². The summed E-state index contributed by atoms with van der Waals surface area (Å²) in [6.07, 6.45) is 1.26. The van der Waals surface area contributed by atoms with Gasteiger partial charge in [-0.2, -0.15) is 0 Å². The fourth-order valence-corrected chi connectivity index (χ4v) is 3.32. The normalized spacial score (nSPS) is 23.2. The summed E-state index contributed by atoms with van der Waals surface area (Å²) in [5, 5.41) is 3.74. The lowest BCUT2D eigenvalue weighted by molar-refractivity contribution is 0.174. The number of likely N-dealkylation sites (tertiary alicyclic amines) is 1. The number of nitrogens with zero attached hydrogens (tertiary/aromatic N) is 2. The molecule has 0 aromatic heterocycles. The van der Waals surface area contributed by atoms with Crippen LogP contribution >= 0.6 is 0 Å². The largest absolute Gasteiger partial charge is 0.372 e. The van der Waals surface area contributed by atoms with Crippen LogP contribution in [0.1, 0.15) is 32.8 Å². The van der Waals surface area contributed by atoms with Crippen molar-refractivity contribution in [2.45, 2.75) is 39.8 Å². The monoisotopic (exact) mass is 289 g/mol. The molecule has 1 aromatic carbocycles. The molecule has 0 spiro atoms. The molecule has 21 heavy (non-hydrogen) atoms. The van der Waals surface area contributed by atoms with Crippen LogP contribution in [0.15, 0.2) is 24.3 Å². The van der Waals surface area contributed by atoms with E-state index < -0.39 is 0 Å². The summed E-state index contributed by atoms with van der Waals surface area (Å²) in [4.78, 5) is 4.82. The second-order valence-electron chi connectivity index (χ2n) is 6.35. The first kappa shape index (κ1) is 16.3. The predicted molar refractivity (Wildman–Crippen MR) is 91.9 cm³/mol. The van der Waals surface area contributed by atoms with Crippen molar-refractivity contribution in [2.75, 3.05) is 38.1 Å². The summed E-state index contributed by atoms with van der Waals surface area (Å²) < 4.78 is 0. The van der Waals surface area contributed by atoms with Gasteiger partial charge in [-0.1, -0.05) is 19.1 Å². The van der Waals surface area contributed by atoms with Crippen LogP contribution in [0.25, 0.3) is 0 Å². The van der Waals surface area contributed by atoms with E-state index in [-0.39, 0.29) is 0 Å². The molecule has 1 aliphatic rings. The zero-order valence-electron chi connectivity index (χ0n) is 14.1. The lowest BCUT2D eigenvalue weighted by atomic mass is 9.94. The molecular weight excluding hydrogens is 258 g/mol. The standard InChI is InChI=1S/C18H31N3/c1-5-21(6-2)17-9-7-16(8-10-17)13-19-18-11-12-20(4)14-15(18)3/h7-10,15,18-19H,5-6,11-14H2,1-4H3. The summed E-state index contributed by atoms with van der Waals surface area (Å²) in [6.45, 7) is 12.3. The second-order valence-corrected chi connectivity index (χ2v) is 6.35. The van der Waals surface area contributed by atoms with E-state index in [9.17, 15) is 0 Å². The van der Waals surface area contributed by atoms with Gasteiger partial charge in [0, 0.05) is 37.9 Å². The van der Waals surface area contributed by atoms with Crippen molar-refractivity contribution in [1.82, 2.24) is 10.2 Å². The van der Waals surface area contributed by atoms with Gasteiger partial charge in [-0.25, -0.2) is 0 Å². The third kappa shape index (κ3) is 4.45. The maximum absolute atomic E-state index is 3.74. The van der Waals surface area contributed by atoms with Crippen molar-refractivity contribution < 1.29 is 0 Å². The SMILES string of the molecule is CCN(CC)c1ccc(CNC2CCN(C)CC2C)cc1. The minimum Gasteiger partial charge on any atom is -0.372 e. The highest BCUT2D eigenvalue weighted by Gasteiger charge is 2.23. The van der Waals surface area contributed by atoms with Crippen LogP contribution in [0.5, 0.6) is 0 Å². The van der Waals surface area contributed by atoms with Crippen molar-refractivity contribution in [2.24, 2.45) is 5.92 Å². The molecule has 1 heterocycles. The van der Waals surface area contributed by atoms with Crippen LogP contribution in [0.3, 0.4) is 0 Å². The van der Waals surface area contributed by atoms with E-state index in [0.29, 0.717) is 6.04 Å². The molecule has 0 amide bonds. The molecule has 2 unspecified atom stereocenters. The average Bonchev–Trinajstić information content (AvgIpc) is 2.49. The average molecular weight is 289 g/mol. The smallest absolute Gasteiger partial charge is 0.0366 e. The Hall–Kier alpha value is -1.06. The molecule has 0 bridgehead atoms. The number of hydrogen-bond donors (Lipinski definition) is 1. The number of hydrogen-bond acceptors (Lipinski definition) is 3. The zero-order valence-corrected chi connectivity index (χ0v) is 14.1. The lowest BCUT2D eigenvalue weighted by Crippen LogP contribution is -2.46. The number of anilines is 1. The molecule has 1 fully saturated rings. The second kappa shape index (κ2) is 7.81. The van der Waals surface area contributed by atoms with E-state index in [1.807, 2.05) is 0 Å². The van der Waals surface area contributed by atoms with E-state index >= 15 is 0 Å². The minimum absolute atomic E-state index is 0.656. The Kier molecular flexibility index (Phi) is 6.07. The van der Waals surface area contributed by atoms with Gasteiger partial charge in [0.15, 0.2) is 0 Å². The number of piperidine rings is 1. The van der Waals surface area contributed by atoms with Gasteiger partial charge in [0.25, 0.3) is 0 Å². The molecule has 1 aliphatic heterocycles. The van der Waals surface area contributed by atoms with Gasteiger partial charge >= 0.3 is 0 Å². The molecule has 0 aliphatic carbocycles. The van der Waals surface area contributed by atoms with Crippen LogP contribution in [0, 0.1) is 5.92 Å². The molecule has 3 heteroatoms. The van der Waals surface area contributed by atoms with Gasteiger partial charge in [0.05, 0.1) is 0 Å². The number of benzene rings is 1. The first-order chi connectivity index (χ1) is 10.1. The Morgan fingerprint density at radius 3 is 2.43 bits per heavy atom. The predicted octanol–water partition coefficient (Wildman–Crippen LogP) is 2.96. The van der Waals surface area contributed by atoms with Crippen LogP contribution in [-0.4, -0.2) is 44.2 Å². The molecule has 1 saturated heterocycles. The molecule has 1 N–H and O–H groups in total. The van der Waals surface area contributed by atoms with Gasteiger partial charge in [-0.3, -0.25) is 0 Å². The highest BCUT2D eigenvalue weighted by atomic mass is 15.1. The first-order valence-corrected chi connectivity index (χ1v) is 8.39. The van der Waals surface area contributed by atoms with Crippen molar-refractivity contribution >= 4 is 5.69 Å². The zero-order chi connectivity index (χ0) is 15.2. The molecule has 1 aromatic rings. The van der Waals surface area contributed by atoms with Crippen LogP contribution in [0.4, 0.5) is 5.69 Å². The van der Waals surface area contributed by atoms with Crippen LogP contribution in [0.2, 0.25) is 0 Å². The Balaban J connectivity index is 1.86. The van der Waals surface area contributed by atoms with Crippen LogP contribution in [-0.2, 0) is 6.54 Å². The van der Waals surface area contributed by atoms with Gasteiger partial charge in [0.1, 0.15) is 0 Å².